The highest BCUT2D eigenvalue weighted by Crippen LogP contribution is 2.31. The standard InChI is InChI=1S/C11H11F3N2O/c1-17-15-6-7-2-3-9-8(4-7)5-10(16-9)11(12,13)14/h2-5,15-16H,6H2,1H3. The molecule has 2 N–H and O–H groups in total. The number of hydrogen-bond acceptors (Lipinski definition) is 2. The summed E-state index contributed by atoms with van der Waals surface area (Å²) in [6, 6.07) is 6.15. The Hall–Kier alpha value is -1.53. The zero-order chi connectivity index (χ0) is 12.5. The Kier molecular flexibility index (Phi) is 3.08. The summed E-state index contributed by atoms with van der Waals surface area (Å²) >= 11 is 0. The van der Waals surface area contributed by atoms with E-state index in [-0.39, 0.29) is 0 Å². The second-order valence-electron chi connectivity index (χ2n) is 3.63. The SMILES string of the molecule is CONCc1ccc2[nH]c(C(F)(F)F)cc2c1. The van der Waals surface area contributed by atoms with Crippen LogP contribution in [0.25, 0.3) is 10.9 Å². The van der Waals surface area contributed by atoms with Gasteiger partial charge in [0.15, 0.2) is 0 Å². The number of hydroxylamine groups is 1. The van der Waals surface area contributed by atoms with Crippen molar-refractivity contribution in [1.29, 1.82) is 0 Å². The van der Waals surface area contributed by atoms with Crippen LogP contribution in [0.5, 0.6) is 0 Å². The van der Waals surface area contributed by atoms with Gasteiger partial charge in [0.1, 0.15) is 5.69 Å². The van der Waals surface area contributed by atoms with E-state index in [4.69, 9.17) is 0 Å². The van der Waals surface area contributed by atoms with Gasteiger partial charge in [0.05, 0.1) is 7.11 Å². The molecule has 0 fully saturated rings. The maximum Gasteiger partial charge on any atom is 0.431 e. The molecule has 0 aliphatic rings. The van der Waals surface area contributed by atoms with Crippen LogP contribution in [0.2, 0.25) is 0 Å². The van der Waals surface area contributed by atoms with Crippen molar-refractivity contribution in [3.05, 3.63) is 35.5 Å². The van der Waals surface area contributed by atoms with Crippen molar-refractivity contribution in [3.63, 3.8) is 0 Å². The van der Waals surface area contributed by atoms with Crippen LogP contribution in [0, 0.1) is 0 Å². The van der Waals surface area contributed by atoms with E-state index in [1.54, 1.807) is 18.2 Å². The van der Waals surface area contributed by atoms with Crippen molar-refractivity contribution in [2.45, 2.75) is 12.7 Å². The highest BCUT2D eigenvalue weighted by molar-refractivity contribution is 5.81. The fourth-order valence-electron chi connectivity index (χ4n) is 1.60. The number of aromatic amines is 1. The lowest BCUT2D eigenvalue weighted by Crippen LogP contribution is -2.10. The Bertz CT molecular complexity index is 519. The normalized spacial score (nSPS) is 12.2. The van der Waals surface area contributed by atoms with Gasteiger partial charge < -0.3 is 9.82 Å². The predicted molar refractivity (Wildman–Crippen MR) is 57.1 cm³/mol. The van der Waals surface area contributed by atoms with Crippen LogP contribution in [0.3, 0.4) is 0 Å². The lowest BCUT2D eigenvalue weighted by molar-refractivity contribution is -0.140. The highest BCUT2D eigenvalue weighted by atomic mass is 19.4. The Morgan fingerprint density at radius 2 is 2.06 bits per heavy atom. The van der Waals surface area contributed by atoms with Gasteiger partial charge in [0.2, 0.25) is 0 Å². The fraction of sp³-hybridized carbons (Fsp3) is 0.273. The van der Waals surface area contributed by atoms with Crippen LogP contribution in [0.4, 0.5) is 13.2 Å². The zero-order valence-electron chi connectivity index (χ0n) is 9.06. The Balaban J connectivity index is 2.34. The first-order valence-electron chi connectivity index (χ1n) is 4.95. The third-order valence-corrected chi connectivity index (χ3v) is 2.41. The quantitative estimate of drug-likeness (QED) is 0.814. The first-order chi connectivity index (χ1) is 8.00. The molecule has 0 aliphatic carbocycles. The summed E-state index contributed by atoms with van der Waals surface area (Å²) in [4.78, 5) is 7.02. The number of alkyl halides is 3. The average Bonchev–Trinajstić information content (AvgIpc) is 2.68. The molecule has 1 heterocycles. The molecule has 0 aliphatic heterocycles. The van der Waals surface area contributed by atoms with E-state index in [2.05, 4.69) is 15.3 Å². The van der Waals surface area contributed by atoms with Crippen molar-refractivity contribution < 1.29 is 18.0 Å². The van der Waals surface area contributed by atoms with Gasteiger partial charge in [-0.3, -0.25) is 0 Å². The average molecular weight is 244 g/mol. The van der Waals surface area contributed by atoms with E-state index < -0.39 is 11.9 Å². The molecule has 0 atom stereocenters. The predicted octanol–water partition coefficient (Wildman–Crippen LogP) is 2.84. The summed E-state index contributed by atoms with van der Waals surface area (Å²) < 4.78 is 37.4. The van der Waals surface area contributed by atoms with Crippen LogP contribution in [0.15, 0.2) is 24.3 Å². The number of H-pyrrole nitrogens is 1. The van der Waals surface area contributed by atoms with Gasteiger partial charge in [0.25, 0.3) is 0 Å². The third kappa shape index (κ3) is 2.59. The number of nitrogens with one attached hydrogen (secondary N) is 2. The maximum absolute atomic E-state index is 12.5. The highest BCUT2D eigenvalue weighted by Gasteiger charge is 2.32. The molecule has 0 spiro atoms. The number of fused-ring (bicyclic) bond motifs is 1. The zero-order valence-corrected chi connectivity index (χ0v) is 9.06. The van der Waals surface area contributed by atoms with E-state index in [1.165, 1.54) is 7.11 Å². The van der Waals surface area contributed by atoms with Gasteiger partial charge in [-0.1, -0.05) is 6.07 Å². The van der Waals surface area contributed by atoms with E-state index in [0.29, 0.717) is 17.4 Å². The lowest BCUT2D eigenvalue weighted by atomic mass is 10.1. The van der Waals surface area contributed by atoms with Crippen LogP contribution in [0.1, 0.15) is 11.3 Å². The van der Waals surface area contributed by atoms with E-state index in [0.717, 1.165) is 11.6 Å². The Morgan fingerprint density at radius 1 is 1.29 bits per heavy atom. The molecule has 17 heavy (non-hydrogen) atoms. The molecule has 3 nitrogen and oxygen atoms in total. The molecule has 0 saturated heterocycles. The molecular weight excluding hydrogens is 233 g/mol. The second-order valence-corrected chi connectivity index (χ2v) is 3.63. The van der Waals surface area contributed by atoms with Crippen LogP contribution >= 0.6 is 0 Å². The van der Waals surface area contributed by atoms with E-state index >= 15 is 0 Å². The summed E-state index contributed by atoms with van der Waals surface area (Å²) in [5.74, 6) is 0. The van der Waals surface area contributed by atoms with Gasteiger partial charge in [-0.15, -0.1) is 0 Å². The molecule has 1 aromatic carbocycles. The van der Waals surface area contributed by atoms with Gasteiger partial charge in [0, 0.05) is 17.4 Å². The molecule has 0 amide bonds. The summed E-state index contributed by atoms with van der Waals surface area (Å²) in [6.07, 6.45) is -4.34. The number of aromatic nitrogens is 1. The van der Waals surface area contributed by atoms with Crippen molar-refractivity contribution >= 4 is 10.9 Å². The largest absolute Gasteiger partial charge is 0.431 e. The summed E-state index contributed by atoms with van der Waals surface area (Å²) in [7, 11) is 1.48. The smallest absolute Gasteiger partial charge is 0.351 e. The summed E-state index contributed by atoms with van der Waals surface area (Å²) in [5, 5.41) is 0.535. The molecule has 1 aromatic heterocycles. The Morgan fingerprint density at radius 3 is 2.71 bits per heavy atom. The molecule has 2 rings (SSSR count). The van der Waals surface area contributed by atoms with Gasteiger partial charge in [-0.05, 0) is 23.8 Å². The topological polar surface area (TPSA) is 37.0 Å². The minimum Gasteiger partial charge on any atom is -0.351 e. The van der Waals surface area contributed by atoms with Crippen molar-refractivity contribution in [2.24, 2.45) is 0 Å². The van der Waals surface area contributed by atoms with Gasteiger partial charge in [-0.25, -0.2) is 0 Å². The molecule has 92 valence electrons. The number of benzene rings is 1. The second kappa shape index (κ2) is 4.38. The summed E-state index contributed by atoms with van der Waals surface area (Å²) in [5.41, 5.74) is 3.23. The number of hydrogen-bond donors (Lipinski definition) is 2. The lowest BCUT2D eigenvalue weighted by Gasteiger charge is -2.01. The molecule has 2 aromatic rings. The van der Waals surface area contributed by atoms with Crippen molar-refractivity contribution in [3.8, 4) is 0 Å². The molecule has 0 bridgehead atoms. The fourth-order valence-corrected chi connectivity index (χ4v) is 1.60. The van der Waals surface area contributed by atoms with Gasteiger partial charge >= 0.3 is 6.18 Å². The monoisotopic (exact) mass is 244 g/mol. The first-order valence-corrected chi connectivity index (χ1v) is 4.95. The van der Waals surface area contributed by atoms with Crippen LogP contribution < -0.4 is 5.48 Å². The molecule has 0 radical (unpaired) electrons. The number of halogens is 3. The van der Waals surface area contributed by atoms with Crippen molar-refractivity contribution in [1.82, 2.24) is 10.5 Å². The number of rotatable bonds is 3. The minimum atomic E-state index is -4.34. The minimum absolute atomic E-state index is 0.443. The molecule has 6 heteroatoms. The van der Waals surface area contributed by atoms with Crippen LogP contribution in [-0.4, -0.2) is 12.1 Å². The molecule has 0 unspecified atom stereocenters. The Labute approximate surface area is 95.5 Å². The summed E-state index contributed by atoms with van der Waals surface area (Å²) in [6.45, 7) is 0.443. The van der Waals surface area contributed by atoms with E-state index in [9.17, 15) is 13.2 Å². The van der Waals surface area contributed by atoms with E-state index in [1.807, 2.05) is 0 Å². The molecular formula is C11H11F3N2O. The van der Waals surface area contributed by atoms with Crippen LogP contribution in [-0.2, 0) is 17.6 Å². The van der Waals surface area contributed by atoms with Gasteiger partial charge in [-0.2, -0.15) is 18.7 Å². The maximum atomic E-state index is 12.5. The van der Waals surface area contributed by atoms with Crippen molar-refractivity contribution in [2.75, 3.05) is 7.11 Å². The first kappa shape index (κ1) is 11.9. The third-order valence-electron chi connectivity index (χ3n) is 2.41. The molecule has 0 saturated carbocycles.